The summed E-state index contributed by atoms with van der Waals surface area (Å²) in [4.78, 5) is 36.7. The van der Waals surface area contributed by atoms with Gasteiger partial charge >= 0.3 is 17.9 Å². The second-order valence-corrected chi connectivity index (χ2v) is 13.2. The predicted molar refractivity (Wildman–Crippen MR) is 201 cm³/mol. The highest BCUT2D eigenvalue weighted by Gasteiger charge is 2.31. The van der Waals surface area contributed by atoms with Gasteiger partial charge in [0.1, 0.15) is 6.61 Å². The Balaban J connectivity index is 4.57. The first-order chi connectivity index (χ1) is 23.6. The topological polar surface area (TPSA) is 99.1 Å². The minimum absolute atomic E-state index is 0.0357. The van der Waals surface area contributed by atoms with Crippen molar-refractivity contribution in [2.45, 2.75) is 129 Å². The maximum atomic E-state index is 12.6. The van der Waals surface area contributed by atoms with E-state index in [9.17, 15) is 19.5 Å². The van der Waals surface area contributed by atoms with Crippen LogP contribution in [0.25, 0.3) is 0 Å². The third-order valence-corrected chi connectivity index (χ3v) is 7.72. The normalized spacial score (nSPS) is 13.9. The number of unbranched alkanes of at least 4 members (excludes halogenated alkanes) is 9. The largest absolute Gasteiger partial charge is 0.477 e. The van der Waals surface area contributed by atoms with Gasteiger partial charge in [0.2, 0.25) is 0 Å². The van der Waals surface area contributed by atoms with Crippen LogP contribution in [0.3, 0.4) is 0 Å². The highest BCUT2D eigenvalue weighted by molar-refractivity contribution is 5.72. The van der Waals surface area contributed by atoms with Crippen molar-refractivity contribution in [3.8, 4) is 0 Å². The summed E-state index contributed by atoms with van der Waals surface area (Å²) in [7, 11) is 5.48. The molecule has 0 aromatic carbocycles. The number of hydrogen-bond donors (Lipinski definition) is 1. The van der Waals surface area contributed by atoms with Crippen LogP contribution in [-0.2, 0) is 28.6 Å². The van der Waals surface area contributed by atoms with E-state index in [1.165, 1.54) is 12.8 Å². The Morgan fingerprint density at radius 1 is 0.633 bits per heavy atom. The summed E-state index contributed by atoms with van der Waals surface area (Å²) in [5.41, 5.74) is 0. The van der Waals surface area contributed by atoms with Gasteiger partial charge in [0, 0.05) is 19.3 Å². The van der Waals surface area contributed by atoms with Gasteiger partial charge in [-0.3, -0.25) is 9.59 Å². The molecule has 2 atom stereocenters. The summed E-state index contributed by atoms with van der Waals surface area (Å²) in [6.45, 7) is 4.45. The van der Waals surface area contributed by atoms with Crippen molar-refractivity contribution in [3.05, 3.63) is 72.9 Å². The van der Waals surface area contributed by atoms with E-state index in [1.807, 2.05) is 69.8 Å². The predicted octanol–water partition coefficient (Wildman–Crippen LogP) is 9.24. The number of carbonyl (C=O) groups is 3. The average Bonchev–Trinajstić information content (AvgIpc) is 3.05. The molecule has 0 aliphatic rings. The molecule has 8 nitrogen and oxygen atoms in total. The minimum atomic E-state index is -0.889. The Morgan fingerprint density at radius 2 is 1.16 bits per heavy atom. The van der Waals surface area contributed by atoms with Crippen molar-refractivity contribution in [1.29, 1.82) is 0 Å². The molecule has 278 valence electrons. The third kappa shape index (κ3) is 30.6. The number of nitrogens with zero attached hydrogens (tertiary/aromatic N) is 1. The molecule has 0 amide bonds. The number of likely N-dealkylation sites (N-methyl/N-ethyl adjacent to an activating group) is 1. The van der Waals surface area contributed by atoms with Crippen LogP contribution < -0.4 is 0 Å². The third-order valence-electron chi connectivity index (χ3n) is 7.72. The number of quaternary nitrogens is 1. The second kappa shape index (κ2) is 32.0. The Labute approximate surface area is 298 Å². The van der Waals surface area contributed by atoms with Gasteiger partial charge < -0.3 is 23.8 Å². The molecule has 2 unspecified atom stereocenters. The van der Waals surface area contributed by atoms with Crippen LogP contribution in [0.1, 0.15) is 117 Å². The van der Waals surface area contributed by atoms with E-state index < -0.39 is 18.1 Å². The number of esters is 2. The quantitative estimate of drug-likeness (QED) is 0.0255. The van der Waals surface area contributed by atoms with Crippen LogP contribution in [0, 0.1) is 0 Å². The molecule has 0 aliphatic heterocycles. The van der Waals surface area contributed by atoms with Gasteiger partial charge in [0.25, 0.3) is 0 Å². The molecule has 0 aromatic rings. The lowest BCUT2D eigenvalue weighted by Crippen LogP contribution is -2.50. The first-order valence-corrected chi connectivity index (χ1v) is 18.5. The maximum Gasteiger partial charge on any atom is 0.362 e. The number of allylic oxidation sites excluding steroid dienone is 12. The number of ether oxygens (including phenoxy) is 3. The fourth-order valence-corrected chi connectivity index (χ4v) is 4.80. The Morgan fingerprint density at radius 3 is 1.76 bits per heavy atom. The van der Waals surface area contributed by atoms with E-state index >= 15 is 0 Å². The second-order valence-electron chi connectivity index (χ2n) is 13.2. The fraction of sp³-hybridized carbons (Fsp3) is 0.634. The molecule has 49 heavy (non-hydrogen) atoms. The van der Waals surface area contributed by atoms with Crippen LogP contribution in [0.5, 0.6) is 0 Å². The highest BCUT2D eigenvalue weighted by Crippen LogP contribution is 2.11. The summed E-state index contributed by atoms with van der Waals surface area (Å²) in [6.07, 6.45) is 38.0. The molecule has 0 radical (unpaired) electrons. The van der Waals surface area contributed by atoms with Gasteiger partial charge in [0.05, 0.1) is 34.4 Å². The summed E-state index contributed by atoms with van der Waals surface area (Å²) >= 11 is 0. The number of hydrogen-bond acceptors (Lipinski definition) is 6. The van der Waals surface area contributed by atoms with Crippen LogP contribution in [-0.4, -0.2) is 80.6 Å². The molecule has 8 heteroatoms. The first-order valence-electron chi connectivity index (χ1n) is 18.5. The zero-order valence-corrected chi connectivity index (χ0v) is 31.4. The highest BCUT2D eigenvalue weighted by atomic mass is 16.6. The lowest BCUT2D eigenvalue weighted by Gasteiger charge is -2.31. The number of carboxylic acid groups (broad SMARTS) is 1. The van der Waals surface area contributed by atoms with E-state index in [0.717, 1.165) is 64.2 Å². The van der Waals surface area contributed by atoms with Crippen molar-refractivity contribution < 1.29 is 38.2 Å². The zero-order valence-electron chi connectivity index (χ0n) is 31.4. The molecule has 0 heterocycles. The van der Waals surface area contributed by atoms with Crippen molar-refractivity contribution >= 4 is 17.9 Å². The number of rotatable bonds is 31. The van der Waals surface area contributed by atoms with Gasteiger partial charge in [-0.1, -0.05) is 119 Å². The van der Waals surface area contributed by atoms with Crippen LogP contribution >= 0.6 is 0 Å². The molecular formula is C41H68NO7+. The molecule has 1 N–H and O–H groups in total. The van der Waals surface area contributed by atoms with Crippen LogP contribution in [0.4, 0.5) is 0 Å². The molecule has 0 aromatic heterocycles. The van der Waals surface area contributed by atoms with Crippen molar-refractivity contribution in [1.82, 2.24) is 0 Å². The van der Waals surface area contributed by atoms with Gasteiger partial charge in [0.15, 0.2) is 12.1 Å². The number of carbonyl (C=O) groups excluding carboxylic acids is 2. The van der Waals surface area contributed by atoms with E-state index in [0.29, 0.717) is 19.3 Å². The molecular weight excluding hydrogens is 618 g/mol. The summed E-state index contributed by atoms with van der Waals surface area (Å²) < 4.78 is 17.1. The summed E-state index contributed by atoms with van der Waals surface area (Å²) in [5.74, 6) is -1.56. The van der Waals surface area contributed by atoms with E-state index in [2.05, 4.69) is 38.2 Å². The van der Waals surface area contributed by atoms with Crippen LogP contribution in [0.15, 0.2) is 72.9 Å². The Kier molecular flexibility index (Phi) is 29.9. The Hall–Kier alpha value is -3.23. The molecule has 0 bridgehead atoms. The van der Waals surface area contributed by atoms with Crippen molar-refractivity contribution in [2.75, 3.05) is 41.0 Å². The smallest absolute Gasteiger partial charge is 0.362 e. The zero-order chi connectivity index (χ0) is 36.4. The van der Waals surface area contributed by atoms with Gasteiger partial charge in [-0.2, -0.15) is 0 Å². The monoisotopic (exact) mass is 686 g/mol. The van der Waals surface area contributed by atoms with E-state index in [-0.39, 0.29) is 42.7 Å². The molecule has 0 aliphatic carbocycles. The molecule has 0 saturated carbocycles. The lowest BCUT2D eigenvalue weighted by atomic mass is 10.1. The SMILES string of the molecule is CC/C=C/C=C/C=C/C=C/C=C/CCCCCC(=O)OC(COCCC(C(=O)O)[N+](C)(C)C)COC(=O)CCCCCC/C=C/CCCC. The standard InChI is InChI=1S/C41H67NO7/c1-6-8-10-12-14-16-18-19-20-21-22-24-26-28-30-32-40(44)49-37(35-47-34-33-38(41(45)46)42(3,4)5)36-48-39(43)31-29-27-25-23-17-15-13-11-9-7-2/h8,10,12-16,18-22,37-38H,6-7,9,11,17,23-36H2,1-5H3/p+1/b10-8+,14-12+,15-13+,18-16+,20-19+,22-21+. The van der Waals surface area contributed by atoms with Crippen LogP contribution in [0.2, 0.25) is 0 Å². The molecule has 0 fully saturated rings. The van der Waals surface area contributed by atoms with Crippen molar-refractivity contribution in [3.63, 3.8) is 0 Å². The van der Waals surface area contributed by atoms with Gasteiger partial charge in [-0.05, 0) is 51.4 Å². The summed E-state index contributed by atoms with van der Waals surface area (Å²) in [6, 6.07) is -0.626. The van der Waals surface area contributed by atoms with E-state index in [4.69, 9.17) is 14.2 Å². The van der Waals surface area contributed by atoms with Gasteiger partial charge in [-0.15, -0.1) is 0 Å². The average molecular weight is 687 g/mol. The van der Waals surface area contributed by atoms with Crippen molar-refractivity contribution in [2.24, 2.45) is 0 Å². The van der Waals surface area contributed by atoms with Gasteiger partial charge in [-0.25, -0.2) is 4.79 Å². The first kappa shape index (κ1) is 45.8. The maximum absolute atomic E-state index is 12.6. The Bertz CT molecular complexity index is 1030. The lowest BCUT2D eigenvalue weighted by molar-refractivity contribution is -0.887. The van der Waals surface area contributed by atoms with E-state index in [1.54, 1.807) is 0 Å². The molecule has 0 saturated heterocycles. The molecule has 0 rings (SSSR count). The fourth-order valence-electron chi connectivity index (χ4n) is 4.80. The number of aliphatic carboxylic acids is 1. The summed E-state index contributed by atoms with van der Waals surface area (Å²) in [5, 5.41) is 9.57. The minimum Gasteiger partial charge on any atom is -0.477 e. The number of carboxylic acids is 1. The molecule has 0 spiro atoms.